The van der Waals surface area contributed by atoms with E-state index in [4.69, 9.17) is 49.9 Å². The van der Waals surface area contributed by atoms with E-state index in [9.17, 15) is 4.79 Å². The summed E-state index contributed by atoms with van der Waals surface area (Å²) in [5.74, 6) is 1.58. The summed E-state index contributed by atoms with van der Waals surface area (Å²) in [7, 11) is 3.10. The summed E-state index contributed by atoms with van der Waals surface area (Å²) in [6, 6.07) is 10.4. The second kappa shape index (κ2) is 8.91. The maximum Gasteiger partial charge on any atom is 0.277 e. The lowest BCUT2D eigenvalue weighted by Gasteiger charge is -2.15. The Balaban J connectivity index is 2.06. The SMILES string of the molecule is COc1ccc(OC)c(-n2c(CBr)nc3c(sc(=S)n3-c3ccc(Cl)c(Cl)c3)c2=O)c1. The van der Waals surface area contributed by atoms with Crippen LogP contribution in [0.1, 0.15) is 5.82 Å². The number of fused-ring (bicyclic) bond motifs is 1. The van der Waals surface area contributed by atoms with Crippen molar-refractivity contribution in [2.45, 2.75) is 5.33 Å². The average Bonchev–Trinajstić information content (AvgIpc) is 3.11. The first-order valence-electron chi connectivity index (χ1n) is 8.80. The van der Waals surface area contributed by atoms with E-state index < -0.39 is 0 Å². The second-order valence-electron chi connectivity index (χ2n) is 6.29. The zero-order chi connectivity index (χ0) is 22.3. The minimum absolute atomic E-state index is 0.263. The summed E-state index contributed by atoms with van der Waals surface area (Å²) in [6.07, 6.45) is 0. The van der Waals surface area contributed by atoms with Crippen LogP contribution in [0.5, 0.6) is 11.5 Å². The highest BCUT2D eigenvalue weighted by atomic mass is 79.9. The van der Waals surface area contributed by atoms with Gasteiger partial charge in [0.05, 0.1) is 41.0 Å². The number of hydrogen-bond acceptors (Lipinski definition) is 6. The monoisotopic (exact) mass is 557 g/mol. The lowest BCUT2D eigenvalue weighted by Crippen LogP contribution is -2.23. The first kappa shape index (κ1) is 22.3. The molecule has 0 saturated carbocycles. The smallest absolute Gasteiger partial charge is 0.277 e. The molecule has 4 rings (SSSR count). The van der Waals surface area contributed by atoms with Crippen LogP contribution in [0.25, 0.3) is 21.7 Å². The maximum absolute atomic E-state index is 13.6. The normalized spacial score (nSPS) is 11.1. The van der Waals surface area contributed by atoms with Gasteiger partial charge in [0.1, 0.15) is 22.0 Å². The van der Waals surface area contributed by atoms with Crippen LogP contribution < -0.4 is 15.0 Å². The summed E-state index contributed by atoms with van der Waals surface area (Å²) in [4.78, 5) is 18.4. The Bertz CT molecular complexity index is 1430. The van der Waals surface area contributed by atoms with Crippen molar-refractivity contribution in [1.82, 2.24) is 14.1 Å². The molecule has 0 aliphatic carbocycles. The molecule has 0 saturated heterocycles. The first-order chi connectivity index (χ1) is 14.9. The van der Waals surface area contributed by atoms with Gasteiger partial charge in [-0.2, -0.15) is 0 Å². The van der Waals surface area contributed by atoms with Gasteiger partial charge < -0.3 is 9.47 Å². The van der Waals surface area contributed by atoms with Crippen LogP contribution in [0, 0.1) is 3.95 Å². The van der Waals surface area contributed by atoms with Crippen molar-refractivity contribution >= 4 is 73.0 Å². The molecular weight excluding hydrogens is 545 g/mol. The van der Waals surface area contributed by atoms with Gasteiger partial charge in [-0.1, -0.05) is 50.5 Å². The molecule has 2 aromatic carbocycles. The van der Waals surface area contributed by atoms with Gasteiger partial charge in [0.2, 0.25) is 0 Å². The quantitative estimate of drug-likeness (QED) is 0.216. The largest absolute Gasteiger partial charge is 0.497 e. The van der Waals surface area contributed by atoms with Gasteiger partial charge in [-0.25, -0.2) is 4.98 Å². The predicted molar refractivity (Wildman–Crippen MR) is 131 cm³/mol. The van der Waals surface area contributed by atoms with Crippen LogP contribution in [0.15, 0.2) is 41.2 Å². The Morgan fingerprint density at radius 1 is 1.10 bits per heavy atom. The Kier molecular flexibility index (Phi) is 6.41. The van der Waals surface area contributed by atoms with Crippen LogP contribution in [-0.2, 0) is 5.33 Å². The standard InChI is InChI=1S/C20H14BrCl2N3O3S2/c1-28-11-4-6-15(29-2)14(8-11)26-16(9-21)24-18-17(19(26)27)31-20(30)25(18)10-3-5-12(22)13(23)7-10/h3-8H,9H2,1-2H3. The number of methoxy groups -OCH3 is 2. The molecule has 4 aromatic rings. The van der Waals surface area contributed by atoms with E-state index in [2.05, 4.69) is 15.9 Å². The van der Waals surface area contributed by atoms with Crippen molar-refractivity contribution in [3.05, 3.63) is 66.6 Å². The molecule has 0 aliphatic heterocycles. The molecule has 0 amide bonds. The molecule has 0 unspecified atom stereocenters. The number of benzene rings is 2. The fourth-order valence-electron chi connectivity index (χ4n) is 3.16. The molecule has 2 aromatic heterocycles. The van der Waals surface area contributed by atoms with Gasteiger partial charge in [-0.3, -0.25) is 13.9 Å². The summed E-state index contributed by atoms with van der Waals surface area (Å²) in [6.45, 7) is 0. The number of hydrogen-bond donors (Lipinski definition) is 0. The molecule has 6 nitrogen and oxygen atoms in total. The summed E-state index contributed by atoms with van der Waals surface area (Å²) >= 11 is 22.4. The Hall–Kier alpha value is -1.91. The van der Waals surface area contributed by atoms with E-state index in [0.29, 0.717) is 58.4 Å². The van der Waals surface area contributed by atoms with E-state index in [-0.39, 0.29) is 5.56 Å². The number of ether oxygens (including phenoxy) is 2. The van der Waals surface area contributed by atoms with Crippen LogP contribution in [-0.4, -0.2) is 28.3 Å². The molecule has 0 bridgehead atoms. The zero-order valence-corrected chi connectivity index (χ0v) is 20.9. The van der Waals surface area contributed by atoms with Gasteiger partial charge >= 0.3 is 0 Å². The Morgan fingerprint density at radius 3 is 2.52 bits per heavy atom. The van der Waals surface area contributed by atoms with Crippen molar-refractivity contribution < 1.29 is 9.47 Å². The average molecular weight is 559 g/mol. The highest BCUT2D eigenvalue weighted by Crippen LogP contribution is 2.31. The molecule has 160 valence electrons. The van der Waals surface area contributed by atoms with E-state index in [0.717, 1.165) is 0 Å². The Labute approximate surface area is 204 Å². The highest BCUT2D eigenvalue weighted by molar-refractivity contribution is 9.08. The lowest BCUT2D eigenvalue weighted by atomic mass is 10.2. The molecule has 2 heterocycles. The third kappa shape index (κ3) is 3.89. The fourth-order valence-corrected chi connectivity index (χ4v) is 5.13. The molecule has 0 radical (unpaired) electrons. The van der Waals surface area contributed by atoms with E-state index >= 15 is 0 Å². The van der Waals surface area contributed by atoms with Crippen molar-refractivity contribution in [3.8, 4) is 22.9 Å². The molecule has 0 spiro atoms. The molecule has 31 heavy (non-hydrogen) atoms. The molecule has 0 fully saturated rings. The van der Waals surface area contributed by atoms with Crippen LogP contribution in [0.4, 0.5) is 0 Å². The molecule has 0 N–H and O–H groups in total. The maximum atomic E-state index is 13.6. The van der Waals surface area contributed by atoms with Gasteiger partial charge in [0.15, 0.2) is 9.60 Å². The fraction of sp³-hybridized carbons (Fsp3) is 0.150. The first-order valence-corrected chi connectivity index (χ1v) is 11.9. The number of halogens is 3. The minimum Gasteiger partial charge on any atom is -0.497 e. The van der Waals surface area contributed by atoms with Gasteiger partial charge in [-0.05, 0) is 42.5 Å². The molecule has 11 heteroatoms. The van der Waals surface area contributed by atoms with Crippen LogP contribution in [0.2, 0.25) is 10.0 Å². The van der Waals surface area contributed by atoms with Crippen LogP contribution >= 0.6 is 62.7 Å². The Morgan fingerprint density at radius 2 is 1.87 bits per heavy atom. The molecule has 0 atom stereocenters. The second-order valence-corrected chi connectivity index (χ2v) is 9.31. The van der Waals surface area contributed by atoms with E-state index in [1.165, 1.54) is 15.9 Å². The third-order valence-corrected chi connectivity index (χ3v) is 7.18. The van der Waals surface area contributed by atoms with Crippen molar-refractivity contribution in [3.63, 3.8) is 0 Å². The highest BCUT2D eigenvalue weighted by Gasteiger charge is 2.21. The van der Waals surface area contributed by atoms with Crippen molar-refractivity contribution in [1.29, 1.82) is 0 Å². The topological polar surface area (TPSA) is 58.3 Å². The molecule has 0 aliphatic rings. The van der Waals surface area contributed by atoms with Gasteiger partial charge in [0.25, 0.3) is 5.56 Å². The van der Waals surface area contributed by atoms with Gasteiger partial charge in [0, 0.05) is 6.07 Å². The number of thiazole rings is 1. The number of rotatable bonds is 5. The summed E-state index contributed by atoms with van der Waals surface area (Å²) < 4.78 is 14.9. The van der Waals surface area contributed by atoms with E-state index in [1.807, 2.05) is 0 Å². The van der Waals surface area contributed by atoms with Crippen molar-refractivity contribution in [2.75, 3.05) is 14.2 Å². The number of nitrogens with zero attached hydrogens (tertiary/aromatic N) is 3. The number of alkyl halides is 1. The van der Waals surface area contributed by atoms with Crippen molar-refractivity contribution in [2.24, 2.45) is 0 Å². The third-order valence-electron chi connectivity index (χ3n) is 4.59. The minimum atomic E-state index is -0.263. The molecular formula is C20H14BrCl2N3O3S2. The van der Waals surface area contributed by atoms with Gasteiger partial charge in [-0.15, -0.1) is 0 Å². The summed E-state index contributed by atoms with van der Waals surface area (Å²) in [5, 5.41) is 1.14. The zero-order valence-electron chi connectivity index (χ0n) is 16.2. The summed E-state index contributed by atoms with van der Waals surface area (Å²) in [5.41, 5.74) is 1.39. The van der Waals surface area contributed by atoms with Crippen LogP contribution in [0.3, 0.4) is 0 Å². The lowest BCUT2D eigenvalue weighted by molar-refractivity contribution is 0.401. The van der Waals surface area contributed by atoms with E-state index in [1.54, 1.807) is 55.2 Å². The predicted octanol–water partition coefficient (Wildman–Crippen LogP) is 6.19. The number of aromatic nitrogens is 3.